The van der Waals surface area contributed by atoms with E-state index in [9.17, 15) is 0 Å². The van der Waals surface area contributed by atoms with Gasteiger partial charge in [-0.05, 0) is 42.5 Å². The maximum absolute atomic E-state index is 5.90. The molecule has 1 aromatic carbocycles. The van der Waals surface area contributed by atoms with Crippen molar-refractivity contribution < 1.29 is 0 Å². The summed E-state index contributed by atoms with van der Waals surface area (Å²) in [6, 6.07) is 5.95. The standard InChI is InChI=1S/C13H20ClN/c1-10-9-11(14)5-6-12(10)15-8-7-13(2,3)4/h5-6,9,15H,7-8H2,1-4H3. The van der Waals surface area contributed by atoms with E-state index in [2.05, 4.69) is 33.0 Å². The van der Waals surface area contributed by atoms with Gasteiger partial charge in [0, 0.05) is 17.3 Å². The van der Waals surface area contributed by atoms with Crippen LogP contribution in [0.1, 0.15) is 32.8 Å². The molecule has 0 aromatic heterocycles. The van der Waals surface area contributed by atoms with Gasteiger partial charge in [-0.25, -0.2) is 0 Å². The van der Waals surface area contributed by atoms with Crippen LogP contribution in [0.2, 0.25) is 5.02 Å². The van der Waals surface area contributed by atoms with Gasteiger partial charge in [-0.3, -0.25) is 0 Å². The van der Waals surface area contributed by atoms with E-state index in [0.717, 1.165) is 18.0 Å². The molecule has 0 aliphatic rings. The monoisotopic (exact) mass is 225 g/mol. The molecule has 0 unspecified atom stereocenters. The highest BCUT2D eigenvalue weighted by atomic mass is 35.5. The molecular formula is C13H20ClN. The average molecular weight is 226 g/mol. The Kier molecular flexibility index (Phi) is 4.04. The summed E-state index contributed by atoms with van der Waals surface area (Å²) in [6.07, 6.45) is 1.16. The molecule has 2 heteroatoms. The predicted octanol–water partition coefficient (Wildman–Crippen LogP) is 4.50. The molecule has 0 aliphatic carbocycles. The molecule has 84 valence electrons. The van der Waals surface area contributed by atoms with Crippen molar-refractivity contribution in [1.29, 1.82) is 0 Å². The van der Waals surface area contributed by atoms with Crippen LogP contribution in [-0.2, 0) is 0 Å². The van der Waals surface area contributed by atoms with E-state index in [4.69, 9.17) is 11.6 Å². The molecule has 0 spiro atoms. The third-order valence-corrected chi connectivity index (χ3v) is 2.61. The molecule has 1 rings (SSSR count). The lowest BCUT2D eigenvalue weighted by Gasteiger charge is -2.19. The van der Waals surface area contributed by atoms with Gasteiger partial charge in [-0.2, -0.15) is 0 Å². The Morgan fingerprint density at radius 1 is 1.27 bits per heavy atom. The number of aryl methyl sites for hydroxylation is 1. The van der Waals surface area contributed by atoms with Gasteiger partial charge in [-0.15, -0.1) is 0 Å². The van der Waals surface area contributed by atoms with E-state index in [-0.39, 0.29) is 0 Å². The van der Waals surface area contributed by atoms with Crippen LogP contribution in [0.3, 0.4) is 0 Å². The van der Waals surface area contributed by atoms with Crippen molar-refractivity contribution in [1.82, 2.24) is 0 Å². The number of anilines is 1. The Morgan fingerprint density at radius 2 is 1.93 bits per heavy atom. The number of halogens is 1. The minimum Gasteiger partial charge on any atom is -0.385 e. The Morgan fingerprint density at radius 3 is 2.47 bits per heavy atom. The molecule has 0 amide bonds. The number of hydrogen-bond acceptors (Lipinski definition) is 1. The molecule has 1 aromatic rings. The molecule has 0 saturated heterocycles. The van der Waals surface area contributed by atoms with Crippen molar-refractivity contribution in [2.45, 2.75) is 34.1 Å². The van der Waals surface area contributed by atoms with Crippen molar-refractivity contribution in [3.8, 4) is 0 Å². The average Bonchev–Trinajstić information content (AvgIpc) is 2.07. The van der Waals surface area contributed by atoms with Crippen LogP contribution in [0, 0.1) is 12.3 Å². The first-order valence-corrected chi connectivity index (χ1v) is 5.76. The van der Waals surface area contributed by atoms with Crippen molar-refractivity contribution in [3.63, 3.8) is 0 Å². The van der Waals surface area contributed by atoms with Gasteiger partial charge in [0.2, 0.25) is 0 Å². The Hall–Kier alpha value is -0.690. The van der Waals surface area contributed by atoms with Crippen molar-refractivity contribution in [2.75, 3.05) is 11.9 Å². The largest absolute Gasteiger partial charge is 0.385 e. The quantitative estimate of drug-likeness (QED) is 0.799. The number of hydrogen-bond donors (Lipinski definition) is 1. The lowest BCUT2D eigenvalue weighted by atomic mass is 9.92. The van der Waals surface area contributed by atoms with Crippen LogP contribution in [0.15, 0.2) is 18.2 Å². The summed E-state index contributed by atoms with van der Waals surface area (Å²) >= 11 is 5.90. The van der Waals surface area contributed by atoms with Crippen LogP contribution >= 0.6 is 11.6 Å². The molecule has 0 radical (unpaired) electrons. The molecule has 0 atom stereocenters. The highest BCUT2D eigenvalue weighted by molar-refractivity contribution is 6.30. The van der Waals surface area contributed by atoms with Gasteiger partial charge in [0.25, 0.3) is 0 Å². The van der Waals surface area contributed by atoms with Crippen LogP contribution in [0.5, 0.6) is 0 Å². The highest BCUT2D eigenvalue weighted by Gasteiger charge is 2.09. The van der Waals surface area contributed by atoms with Crippen LogP contribution in [0.4, 0.5) is 5.69 Å². The van der Waals surface area contributed by atoms with Gasteiger partial charge in [0.1, 0.15) is 0 Å². The second-order valence-corrected chi connectivity index (χ2v) is 5.63. The first-order chi connectivity index (χ1) is 6.88. The molecule has 0 saturated carbocycles. The van der Waals surface area contributed by atoms with E-state index < -0.39 is 0 Å². The van der Waals surface area contributed by atoms with Crippen molar-refractivity contribution in [2.24, 2.45) is 5.41 Å². The summed E-state index contributed by atoms with van der Waals surface area (Å²) in [6.45, 7) is 9.84. The maximum Gasteiger partial charge on any atom is 0.0410 e. The van der Waals surface area contributed by atoms with Crippen molar-refractivity contribution >= 4 is 17.3 Å². The number of benzene rings is 1. The van der Waals surface area contributed by atoms with Gasteiger partial charge in [-0.1, -0.05) is 32.4 Å². The summed E-state index contributed by atoms with van der Waals surface area (Å²) in [5.41, 5.74) is 2.77. The second-order valence-electron chi connectivity index (χ2n) is 5.20. The normalized spacial score (nSPS) is 11.5. The second kappa shape index (κ2) is 4.89. The molecule has 0 bridgehead atoms. The summed E-state index contributed by atoms with van der Waals surface area (Å²) in [5.74, 6) is 0. The summed E-state index contributed by atoms with van der Waals surface area (Å²) in [5, 5.41) is 4.24. The first kappa shape index (κ1) is 12.4. The smallest absolute Gasteiger partial charge is 0.0410 e. The summed E-state index contributed by atoms with van der Waals surface area (Å²) in [4.78, 5) is 0. The lowest BCUT2D eigenvalue weighted by Crippen LogP contribution is -2.13. The number of rotatable bonds is 3. The Labute approximate surface area is 97.8 Å². The zero-order chi connectivity index (χ0) is 11.5. The highest BCUT2D eigenvalue weighted by Crippen LogP contribution is 2.22. The minimum atomic E-state index is 0.382. The molecule has 0 fully saturated rings. The van der Waals surface area contributed by atoms with Crippen LogP contribution in [-0.4, -0.2) is 6.54 Å². The third-order valence-electron chi connectivity index (χ3n) is 2.38. The van der Waals surface area contributed by atoms with Crippen LogP contribution in [0.25, 0.3) is 0 Å². The third kappa shape index (κ3) is 4.57. The number of nitrogens with one attached hydrogen (secondary N) is 1. The van der Waals surface area contributed by atoms with Crippen molar-refractivity contribution in [3.05, 3.63) is 28.8 Å². The fourth-order valence-electron chi connectivity index (χ4n) is 1.40. The van der Waals surface area contributed by atoms with E-state index in [1.54, 1.807) is 0 Å². The minimum absolute atomic E-state index is 0.382. The van der Waals surface area contributed by atoms with Gasteiger partial charge in [0.05, 0.1) is 0 Å². The van der Waals surface area contributed by atoms with Gasteiger partial charge < -0.3 is 5.32 Å². The van der Waals surface area contributed by atoms with E-state index in [1.165, 1.54) is 11.3 Å². The molecule has 15 heavy (non-hydrogen) atoms. The van der Waals surface area contributed by atoms with Gasteiger partial charge in [0.15, 0.2) is 0 Å². The maximum atomic E-state index is 5.90. The zero-order valence-corrected chi connectivity index (χ0v) is 10.8. The fourth-order valence-corrected chi connectivity index (χ4v) is 1.62. The molecule has 0 heterocycles. The van der Waals surface area contributed by atoms with E-state index in [0.29, 0.717) is 5.41 Å². The fraction of sp³-hybridized carbons (Fsp3) is 0.538. The first-order valence-electron chi connectivity index (χ1n) is 5.38. The Bertz CT molecular complexity index is 326. The summed E-state index contributed by atoms with van der Waals surface area (Å²) < 4.78 is 0. The lowest BCUT2D eigenvalue weighted by molar-refractivity contribution is 0.390. The molecule has 1 N–H and O–H groups in total. The molecular weight excluding hydrogens is 206 g/mol. The predicted molar refractivity (Wildman–Crippen MR) is 68.8 cm³/mol. The Balaban J connectivity index is 2.51. The van der Waals surface area contributed by atoms with Gasteiger partial charge >= 0.3 is 0 Å². The van der Waals surface area contributed by atoms with E-state index in [1.807, 2.05) is 18.2 Å². The zero-order valence-electron chi connectivity index (χ0n) is 10.0. The van der Waals surface area contributed by atoms with Crippen LogP contribution < -0.4 is 5.32 Å². The SMILES string of the molecule is Cc1cc(Cl)ccc1NCCC(C)(C)C. The molecule has 0 aliphatic heterocycles. The van der Waals surface area contributed by atoms with E-state index >= 15 is 0 Å². The summed E-state index contributed by atoms with van der Waals surface area (Å²) in [7, 11) is 0. The topological polar surface area (TPSA) is 12.0 Å². The molecule has 1 nitrogen and oxygen atoms in total.